The summed E-state index contributed by atoms with van der Waals surface area (Å²) in [6, 6.07) is 0. The molecule has 4 aliphatic carbocycles. The molecule has 0 aliphatic heterocycles. The summed E-state index contributed by atoms with van der Waals surface area (Å²) >= 11 is 0. The van der Waals surface area contributed by atoms with Crippen molar-refractivity contribution in [1.82, 2.24) is 0 Å². The van der Waals surface area contributed by atoms with Gasteiger partial charge in [-0.25, -0.2) is 0 Å². The van der Waals surface area contributed by atoms with Crippen LogP contribution in [0.5, 0.6) is 0 Å². The third-order valence-corrected chi connectivity index (χ3v) is 11.4. The molecule has 4 saturated carbocycles. The smallest absolute Gasteiger partial charge is 0.390 e. The summed E-state index contributed by atoms with van der Waals surface area (Å²) in [5, 5.41) is 20.6. The summed E-state index contributed by atoms with van der Waals surface area (Å²) in [6.07, 6.45) is 5.85. The Hall–Kier alpha value is -0.290. The van der Waals surface area contributed by atoms with Gasteiger partial charge in [0.25, 0.3) is 0 Å². The molecule has 5 heteroatoms. The van der Waals surface area contributed by atoms with Crippen LogP contribution in [-0.2, 0) is 0 Å². The van der Waals surface area contributed by atoms with Crippen molar-refractivity contribution in [2.45, 2.75) is 123 Å². The lowest BCUT2D eigenvalue weighted by molar-refractivity contribution is -0.256. The van der Waals surface area contributed by atoms with Gasteiger partial charge in [-0.1, -0.05) is 20.8 Å². The van der Waals surface area contributed by atoms with E-state index in [0.29, 0.717) is 29.6 Å². The minimum atomic E-state index is -4.56. The quantitative estimate of drug-likeness (QED) is 0.471. The van der Waals surface area contributed by atoms with Crippen LogP contribution in [0, 0.1) is 46.3 Å². The zero-order chi connectivity index (χ0) is 23.7. The van der Waals surface area contributed by atoms with Crippen LogP contribution >= 0.6 is 0 Å². The molecule has 4 aliphatic rings. The standard InChI is InChI=1S/C27H45F3O2/c1-17(10-13-26(5,32)27(28,29)30)20-8-9-21-19-7-6-18-16-23(2,31)14-15-24(18,3)22(19)11-12-25(20,21)4/h17-22,31-32H,6-16H2,1-5H3/t17-,18+,19+,20?,21+,22+,23+,24+,25-,26-/m1/s1. The largest absolute Gasteiger partial charge is 0.416 e. The minimum absolute atomic E-state index is 0.201. The van der Waals surface area contributed by atoms with E-state index in [0.717, 1.165) is 44.4 Å². The van der Waals surface area contributed by atoms with Crippen LogP contribution in [0.1, 0.15) is 105 Å². The Morgan fingerprint density at radius 2 is 1.56 bits per heavy atom. The predicted octanol–water partition coefficient (Wildman–Crippen LogP) is 7.13. The van der Waals surface area contributed by atoms with E-state index in [2.05, 4.69) is 20.8 Å². The second kappa shape index (κ2) is 7.86. The third-order valence-electron chi connectivity index (χ3n) is 11.4. The molecular formula is C27H45F3O2. The van der Waals surface area contributed by atoms with Crippen molar-refractivity contribution in [3.8, 4) is 0 Å². The van der Waals surface area contributed by atoms with E-state index in [9.17, 15) is 23.4 Å². The van der Waals surface area contributed by atoms with Gasteiger partial charge in [-0.15, -0.1) is 0 Å². The van der Waals surface area contributed by atoms with Gasteiger partial charge in [-0.05, 0) is 131 Å². The van der Waals surface area contributed by atoms with Crippen LogP contribution < -0.4 is 0 Å². The minimum Gasteiger partial charge on any atom is -0.390 e. The average Bonchev–Trinajstić information content (AvgIpc) is 3.03. The Kier molecular flexibility index (Phi) is 6.10. The molecule has 10 atom stereocenters. The second-order valence-corrected chi connectivity index (χ2v) is 13.4. The van der Waals surface area contributed by atoms with Crippen molar-refractivity contribution < 1.29 is 23.4 Å². The molecule has 32 heavy (non-hydrogen) atoms. The number of alkyl halides is 3. The van der Waals surface area contributed by atoms with Gasteiger partial charge < -0.3 is 10.2 Å². The summed E-state index contributed by atoms with van der Waals surface area (Å²) in [4.78, 5) is 0. The maximum atomic E-state index is 13.1. The SMILES string of the molecule is C[C@H](CC[C@@](C)(O)C(F)(F)F)C1CC[C@H]2[C@@H]3CC[C@H]4C[C@@](C)(O)CC[C@]4(C)[C@H]3CC[C@]12C. The average molecular weight is 459 g/mol. The highest BCUT2D eigenvalue weighted by molar-refractivity contribution is 5.10. The molecule has 4 fully saturated rings. The number of hydrogen-bond acceptors (Lipinski definition) is 2. The van der Waals surface area contributed by atoms with E-state index in [-0.39, 0.29) is 17.8 Å². The zero-order valence-electron chi connectivity index (χ0n) is 20.8. The molecule has 4 rings (SSSR count). The summed E-state index contributed by atoms with van der Waals surface area (Å²) in [6.45, 7) is 9.99. The fraction of sp³-hybridized carbons (Fsp3) is 1.00. The Balaban J connectivity index is 1.46. The fourth-order valence-corrected chi connectivity index (χ4v) is 9.26. The fourth-order valence-electron chi connectivity index (χ4n) is 9.26. The number of aliphatic hydroxyl groups is 2. The van der Waals surface area contributed by atoms with Gasteiger partial charge in [0.15, 0.2) is 5.60 Å². The molecule has 2 N–H and O–H groups in total. The summed E-state index contributed by atoms with van der Waals surface area (Å²) in [5.74, 6) is 3.42. The lowest BCUT2D eigenvalue weighted by Gasteiger charge is -2.62. The predicted molar refractivity (Wildman–Crippen MR) is 121 cm³/mol. The van der Waals surface area contributed by atoms with Crippen molar-refractivity contribution in [3.05, 3.63) is 0 Å². The van der Waals surface area contributed by atoms with Crippen molar-refractivity contribution in [1.29, 1.82) is 0 Å². The number of hydrogen-bond donors (Lipinski definition) is 2. The molecule has 0 heterocycles. The van der Waals surface area contributed by atoms with Crippen LogP contribution in [0.2, 0.25) is 0 Å². The first-order valence-electron chi connectivity index (χ1n) is 13.1. The van der Waals surface area contributed by atoms with Gasteiger partial charge >= 0.3 is 6.18 Å². The summed E-state index contributed by atoms with van der Waals surface area (Å²) in [7, 11) is 0. The summed E-state index contributed by atoms with van der Waals surface area (Å²) < 4.78 is 39.4. The Labute approximate surface area is 192 Å². The molecule has 186 valence electrons. The van der Waals surface area contributed by atoms with Gasteiger partial charge in [-0.3, -0.25) is 0 Å². The van der Waals surface area contributed by atoms with Crippen LogP contribution in [0.3, 0.4) is 0 Å². The highest BCUT2D eigenvalue weighted by Crippen LogP contribution is 2.69. The lowest BCUT2D eigenvalue weighted by atomic mass is 9.43. The normalized spacial score (nSPS) is 49.5. The molecule has 0 aromatic rings. The molecule has 2 nitrogen and oxygen atoms in total. The van der Waals surface area contributed by atoms with E-state index in [4.69, 9.17) is 0 Å². The topological polar surface area (TPSA) is 40.5 Å². The summed E-state index contributed by atoms with van der Waals surface area (Å²) in [5.41, 5.74) is -2.55. The Bertz CT molecular complexity index is 702. The molecule has 1 unspecified atom stereocenters. The van der Waals surface area contributed by atoms with E-state index < -0.39 is 17.4 Å². The Morgan fingerprint density at radius 3 is 2.22 bits per heavy atom. The molecule has 0 radical (unpaired) electrons. The van der Waals surface area contributed by atoms with Gasteiger partial charge in [0.05, 0.1) is 5.60 Å². The highest BCUT2D eigenvalue weighted by Gasteiger charge is 2.61. The first-order chi connectivity index (χ1) is 14.6. The zero-order valence-corrected chi connectivity index (χ0v) is 20.8. The molecule has 0 aromatic carbocycles. The second-order valence-electron chi connectivity index (χ2n) is 13.4. The Morgan fingerprint density at radius 1 is 0.906 bits per heavy atom. The molecule has 0 amide bonds. The van der Waals surface area contributed by atoms with Crippen molar-refractivity contribution in [3.63, 3.8) is 0 Å². The van der Waals surface area contributed by atoms with Gasteiger partial charge in [0.2, 0.25) is 0 Å². The van der Waals surface area contributed by atoms with Crippen LogP contribution in [0.15, 0.2) is 0 Å². The van der Waals surface area contributed by atoms with E-state index in [1.165, 1.54) is 32.1 Å². The molecule has 0 saturated heterocycles. The van der Waals surface area contributed by atoms with E-state index >= 15 is 0 Å². The van der Waals surface area contributed by atoms with Crippen LogP contribution in [0.4, 0.5) is 13.2 Å². The molecular weight excluding hydrogens is 413 g/mol. The van der Waals surface area contributed by atoms with Crippen molar-refractivity contribution >= 4 is 0 Å². The first kappa shape index (κ1) is 24.8. The van der Waals surface area contributed by atoms with Crippen LogP contribution in [0.25, 0.3) is 0 Å². The van der Waals surface area contributed by atoms with E-state index in [1.807, 2.05) is 6.92 Å². The third kappa shape index (κ3) is 3.95. The van der Waals surface area contributed by atoms with Crippen LogP contribution in [-0.4, -0.2) is 27.6 Å². The first-order valence-corrected chi connectivity index (χ1v) is 13.1. The molecule has 0 spiro atoms. The van der Waals surface area contributed by atoms with Crippen molar-refractivity contribution in [2.75, 3.05) is 0 Å². The monoisotopic (exact) mass is 458 g/mol. The lowest BCUT2D eigenvalue weighted by Crippen LogP contribution is -2.55. The number of halogens is 3. The highest BCUT2D eigenvalue weighted by atomic mass is 19.4. The molecule has 0 aromatic heterocycles. The number of rotatable bonds is 4. The van der Waals surface area contributed by atoms with Crippen molar-refractivity contribution in [2.24, 2.45) is 46.3 Å². The van der Waals surface area contributed by atoms with E-state index in [1.54, 1.807) is 0 Å². The van der Waals surface area contributed by atoms with Gasteiger partial charge in [-0.2, -0.15) is 13.2 Å². The molecule has 0 bridgehead atoms. The van der Waals surface area contributed by atoms with Gasteiger partial charge in [0.1, 0.15) is 0 Å². The number of fused-ring (bicyclic) bond motifs is 5. The van der Waals surface area contributed by atoms with Gasteiger partial charge in [0, 0.05) is 0 Å². The maximum absolute atomic E-state index is 13.1. The maximum Gasteiger partial charge on any atom is 0.416 e.